The van der Waals surface area contributed by atoms with Crippen molar-refractivity contribution in [3.05, 3.63) is 95.4 Å². The van der Waals surface area contributed by atoms with Crippen LogP contribution in [0.1, 0.15) is 34.2 Å². The first-order chi connectivity index (χ1) is 19.9. The molecule has 0 spiro atoms. The highest BCUT2D eigenvalue weighted by Crippen LogP contribution is 2.29. The lowest BCUT2D eigenvalue weighted by Gasteiger charge is -2.37. The average molecular weight is 552 g/mol. The minimum absolute atomic E-state index is 0.186. The summed E-state index contributed by atoms with van der Waals surface area (Å²) in [5.74, 6) is -0.214. The zero-order valence-electron chi connectivity index (χ0n) is 24.2. The van der Waals surface area contributed by atoms with Gasteiger partial charge in [0, 0.05) is 62.1 Å². The number of aryl methyl sites for hydroxylation is 2. The number of benzene rings is 2. The fourth-order valence-corrected chi connectivity index (χ4v) is 5.42. The molecule has 0 atom stereocenters. The predicted molar refractivity (Wildman–Crippen MR) is 164 cm³/mol. The molecule has 1 aliphatic rings. The maximum Gasteiger partial charge on any atom is 0.298 e. The van der Waals surface area contributed by atoms with Crippen molar-refractivity contribution in [2.75, 3.05) is 48.4 Å². The normalized spacial score (nSPS) is 13.4. The van der Waals surface area contributed by atoms with Crippen molar-refractivity contribution in [2.45, 2.75) is 33.9 Å². The summed E-state index contributed by atoms with van der Waals surface area (Å²) in [6.45, 7) is 9.96. The van der Waals surface area contributed by atoms with Crippen LogP contribution < -0.4 is 15.1 Å². The minimum Gasteiger partial charge on any atom is -0.368 e. The third kappa shape index (κ3) is 5.88. The number of carbonyl (C=O) groups is 2. The third-order valence-corrected chi connectivity index (χ3v) is 7.83. The molecule has 5 rings (SSSR count). The van der Waals surface area contributed by atoms with Gasteiger partial charge in [-0.15, -0.1) is 0 Å². The SMILES string of the molecule is CCc1cc(-c2ccccc2)c(C(=O)C(=O)Nc2ccc(N3CCN(c4nccc(C)c4C)CC3)cc2)n1COC. The second kappa shape index (κ2) is 12.4. The Kier molecular flexibility index (Phi) is 8.50. The molecule has 0 aliphatic carbocycles. The summed E-state index contributed by atoms with van der Waals surface area (Å²) < 4.78 is 7.18. The van der Waals surface area contributed by atoms with Crippen molar-refractivity contribution in [1.29, 1.82) is 0 Å². The van der Waals surface area contributed by atoms with Gasteiger partial charge >= 0.3 is 0 Å². The van der Waals surface area contributed by atoms with E-state index >= 15 is 0 Å². The quantitative estimate of drug-likeness (QED) is 0.219. The molecule has 8 nitrogen and oxygen atoms in total. The Morgan fingerprint density at radius 1 is 0.927 bits per heavy atom. The first-order valence-corrected chi connectivity index (χ1v) is 14.1. The van der Waals surface area contributed by atoms with Gasteiger partial charge < -0.3 is 24.4 Å². The molecule has 0 saturated carbocycles. The molecule has 2 aromatic heterocycles. The van der Waals surface area contributed by atoms with Gasteiger partial charge in [0.05, 0.1) is 0 Å². The second-order valence-electron chi connectivity index (χ2n) is 10.3. The van der Waals surface area contributed by atoms with Crippen molar-refractivity contribution >= 4 is 28.9 Å². The number of ether oxygens (including phenoxy) is 1. The van der Waals surface area contributed by atoms with Crippen LogP contribution in [0.5, 0.6) is 0 Å². The lowest BCUT2D eigenvalue weighted by atomic mass is 10.0. The number of hydrogen-bond acceptors (Lipinski definition) is 6. The van der Waals surface area contributed by atoms with Crippen LogP contribution >= 0.6 is 0 Å². The van der Waals surface area contributed by atoms with E-state index in [2.05, 4.69) is 33.9 Å². The van der Waals surface area contributed by atoms with E-state index in [1.165, 1.54) is 11.1 Å². The first kappa shape index (κ1) is 28.1. The lowest BCUT2D eigenvalue weighted by Crippen LogP contribution is -2.47. The molecule has 1 amide bonds. The number of rotatable bonds is 9. The number of ketones is 1. The summed E-state index contributed by atoms with van der Waals surface area (Å²) in [5, 5.41) is 2.81. The topological polar surface area (TPSA) is 79.7 Å². The van der Waals surface area contributed by atoms with Crippen molar-refractivity contribution in [3.8, 4) is 11.1 Å². The molecule has 8 heteroatoms. The molecule has 212 valence electrons. The van der Waals surface area contributed by atoms with E-state index in [1.807, 2.05) is 79.9 Å². The van der Waals surface area contributed by atoms with Crippen molar-refractivity contribution in [2.24, 2.45) is 0 Å². The predicted octanol–water partition coefficient (Wildman–Crippen LogP) is 5.48. The molecule has 1 fully saturated rings. The number of aromatic nitrogens is 2. The van der Waals surface area contributed by atoms with Gasteiger partial charge in [0.1, 0.15) is 18.2 Å². The van der Waals surface area contributed by atoms with Crippen molar-refractivity contribution in [1.82, 2.24) is 9.55 Å². The number of carbonyl (C=O) groups excluding carboxylic acids is 2. The molecule has 1 aliphatic heterocycles. The van der Waals surface area contributed by atoms with Gasteiger partial charge in [-0.1, -0.05) is 37.3 Å². The van der Waals surface area contributed by atoms with Gasteiger partial charge in [-0.2, -0.15) is 0 Å². The maximum atomic E-state index is 13.6. The number of Topliss-reactive ketones (excluding diaryl/α,β-unsaturated/α-hetero) is 1. The van der Waals surface area contributed by atoms with Gasteiger partial charge in [0.25, 0.3) is 11.7 Å². The maximum absolute atomic E-state index is 13.6. The fourth-order valence-electron chi connectivity index (χ4n) is 5.42. The molecule has 41 heavy (non-hydrogen) atoms. The summed E-state index contributed by atoms with van der Waals surface area (Å²) in [6.07, 6.45) is 2.58. The van der Waals surface area contributed by atoms with E-state index in [0.717, 1.165) is 54.5 Å². The van der Waals surface area contributed by atoms with Crippen LogP contribution in [-0.4, -0.2) is 54.5 Å². The molecule has 0 unspecified atom stereocenters. The van der Waals surface area contributed by atoms with E-state index in [9.17, 15) is 9.59 Å². The third-order valence-electron chi connectivity index (χ3n) is 7.83. The molecule has 1 saturated heterocycles. The van der Waals surface area contributed by atoms with Crippen LogP contribution in [0.4, 0.5) is 17.2 Å². The Bertz CT molecular complexity index is 1520. The highest BCUT2D eigenvalue weighted by molar-refractivity contribution is 6.47. The Morgan fingerprint density at radius 2 is 1.61 bits per heavy atom. The standard InChI is InChI=1S/C33H37N5O3/c1-5-27-21-29(25-9-7-6-8-10-25)30(38(27)22-41-4)31(39)33(40)35-26-11-13-28(14-12-26)36-17-19-37(20-18-36)32-24(3)23(2)15-16-34-32/h6-16,21H,5,17-20,22H2,1-4H3,(H,35,40). The number of hydrogen-bond donors (Lipinski definition) is 1. The summed E-state index contributed by atoms with van der Waals surface area (Å²) in [5.41, 5.74) is 7.01. The summed E-state index contributed by atoms with van der Waals surface area (Å²) in [6, 6.07) is 21.4. The molecule has 2 aromatic carbocycles. The molecule has 0 radical (unpaired) electrons. The van der Waals surface area contributed by atoms with Crippen molar-refractivity contribution in [3.63, 3.8) is 0 Å². The summed E-state index contributed by atoms with van der Waals surface area (Å²) >= 11 is 0. The van der Waals surface area contributed by atoms with E-state index in [4.69, 9.17) is 4.74 Å². The molecule has 3 heterocycles. The molecular formula is C33H37N5O3. The van der Waals surface area contributed by atoms with Crippen LogP contribution in [0.15, 0.2) is 72.9 Å². The Morgan fingerprint density at radius 3 is 2.27 bits per heavy atom. The second-order valence-corrected chi connectivity index (χ2v) is 10.3. The largest absolute Gasteiger partial charge is 0.368 e. The van der Waals surface area contributed by atoms with Gasteiger partial charge in [0.2, 0.25) is 0 Å². The van der Waals surface area contributed by atoms with Gasteiger partial charge in [-0.05, 0) is 73.4 Å². The smallest absolute Gasteiger partial charge is 0.298 e. The zero-order valence-corrected chi connectivity index (χ0v) is 24.2. The van der Waals surface area contributed by atoms with Crippen LogP contribution in [0.2, 0.25) is 0 Å². The van der Waals surface area contributed by atoms with Crippen LogP contribution in [0.25, 0.3) is 11.1 Å². The van der Waals surface area contributed by atoms with E-state index < -0.39 is 11.7 Å². The number of anilines is 3. The number of nitrogens with zero attached hydrogens (tertiary/aromatic N) is 4. The van der Waals surface area contributed by atoms with E-state index in [0.29, 0.717) is 17.8 Å². The molecule has 1 N–H and O–H groups in total. The van der Waals surface area contributed by atoms with Crippen LogP contribution in [0.3, 0.4) is 0 Å². The molecular weight excluding hydrogens is 514 g/mol. The average Bonchev–Trinajstić information content (AvgIpc) is 3.37. The molecule has 0 bridgehead atoms. The monoisotopic (exact) mass is 551 g/mol. The van der Waals surface area contributed by atoms with E-state index in [-0.39, 0.29) is 6.73 Å². The highest BCUT2D eigenvalue weighted by atomic mass is 16.5. The Labute approximate surface area is 241 Å². The summed E-state index contributed by atoms with van der Waals surface area (Å²) in [7, 11) is 1.58. The minimum atomic E-state index is -0.678. The number of piperazine rings is 1. The van der Waals surface area contributed by atoms with Gasteiger partial charge in [-0.3, -0.25) is 9.59 Å². The Hall–Kier alpha value is -4.43. The number of nitrogens with one attached hydrogen (secondary N) is 1. The lowest BCUT2D eigenvalue weighted by molar-refractivity contribution is -0.112. The summed E-state index contributed by atoms with van der Waals surface area (Å²) in [4.78, 5) is 36.1. The zero-order chi connectivity index (χ0) is 28.9. The Balaban J connectivity index is 1.28. The van der Waals surface area contributed by atoms with E-state index in [1.54, 1.807) is 11.7 Å². The van der Waals surface area contributed by atoms with Gasteiger partial charge in [0.15, 0.2) is 0 Å². The highest BCUT2D eigenvalue weighted by Gasteiger charge is 2.27. The van der Waals surface area contributed by atoms with Gasteiger partial charge in [-0.25, -0.2) is 4.98 Å². The number of methoxy groups -OCH3 is 1. The van der Waals surface area contributed by atoms with Crippen molar-refractivity contribution < 1.29 is 14.3 Å². The molecule has 4 aromatic rings. The van der Waals surface area contributed by atoms with Crippen LogP contribution in [-0.2, 0) is 22.7 Å². The van der Waals surface area contributed by atoms with Crippen LogP contribution in [0, 0.1) is 13.8 Å². The number of pyridine rings is 1. The first-order valence-electron chi connectivity index (χ1n) is 14.1. The fraction of sp³-hybridized carbons (Fsp3) is 0.303. The number of amides is 1.